The first-order valence-corrected chi connectivity index (χ1v) is 24.5. The molecular weight excluding hydrogens is 750 g/mol. The van der Waals surface area contributed by atoms with Crippen LogP contribution in [0.3, 0.4) is 0 Å². The van der Waals surface area contributed by atoms with Crippen molar-refractivity contribution in [3.8, 4) is 0 Å². The molecule has 0 spiro atoms. The number of hydrogen-bond acceptors (Lipinski definition) is 7. The van der Waals surface area contributed by atoms with Crippen LogP contribution in [0.4, 0.5) is 0 Å². The van der Waals surface area contributed by atoms with E-state index >= 15 is 0 Å². The summed E-state index contributed by atoms with van der Waals surface area (Å²) in [6.45, 7) is 4.27. The van der Waals surface area contributed by atoms with Crippen LogP contribution in [0.5, 0.6) is 0 Å². The van der Waals surface area contributed by atoms with E-state index in [1.165, 1.54) is 44.9 Å². The van der Waals surface area contributed by atoms with Crippen LogP contribution in [0.2, 0.25) is 0 Å². The van der Waals surface area contributed by atoms with Crippen LogP contribution in [0.15, 0.2) is 60.8 Å². The van der Waals surface area contributed by atoms with Gasteiger partial charge in [0, 0.05) is 12.8 Å². The number of unbranched alkanes of at least 4 members (excludes halogenated alkanes) is 17. The number of phosphoric acid groups is 1. The van der Waals surface area contributed by atoms with E-state index in [4.69, 9.17) is 18.5 Å². The number of rotatable bonds is 41. The Bertz CT molecular complexity index is 1170. The number of esters is 2. The molecule has 9 nitrogen and oxygen atoms in total. The number of carbonyl (C=O) groups excluding carboxylic acids is 2. The molecule has 0 aliphatic carbocycles. The molecule has 0 saturated heterocycles. The summed E-state index contributed by atoms with van der Waals surface area (Å²) in [7, 11) is 1.45. The smallest absolute Gasteiger partial charge is 0.462 e. The average Bonchev–Trinajstić information content (AvgIpc) is 3.17. The number of quaternary nitrogens is 1. The highest BCUT2D eigenvalue weighted by Crippen LogP contribution is 2.43. The maximum absolute atomic E-state index is 12.7. The first-order valence-electron chi connectivity index (χ1n) is 23.0. The SMILES string of the molecule is CC/C=C\C/C=C\C/C=C\C/C=C\CCCCCCCCC(=O)OC(COC(=O)CCCCCCC/C=C\CCCCCCCC)COP(=O)(O)OCC[N+](C)(C)C. The van der Waals surface area contributed by atoms with E-state index in [0.29, 0.717) is 17.4 Å². The molecule has 2 unspecified atom stereocenters. The Hall–Kier alpha value is -2.29. The van der Waals surface area contributed by atoms with Crippen molar-refractivity contribution >= 4 is 19.8 Å². The lowest BCUT2D eigenvalue weighted by molar-refractivity contribution is -0.870. The van der Waals surface area contributed by atoms with Crippen molar-refractivity contribution in [2.75, 3.05) is 47.5 Å². The number of nitrogens with zero attached hydrogens (tertiary/aromatic N) is 1. The van der Waals surface area contributed by atoms with Gasteiger partial charge in [-0.05, 0) is 77.0 Å². The molecule has 0 aliphatic rings. The molecule has 0 fully saturated rings. The molecule has 0 heterocycles. The minimum Gasteiger partial charge on any atom is -0.462 e. The molecule has 0 aromatic heterocycles. The Morgan fingerprint density at radius 1 is 0.552 bits per heavy atom. The Morgan fingerprint density at radius 2 is 0.983 bits per heavy atom. The predicted molar refractivity (Wildman–Crippen MR) is 243 cm³/mol. The summed E-state index contributed by atoms with van der Waals surface area (Å²) in [5, 5.41) is 0. The fraction of sp³-hybridized carbons (Fsp3) is 0.750. The standard InChI is InChI=1S/C48H86NO8P/c1-6-8-10-12-14-16-18-20-22-23-24-25-27-29-31-33-35-37-39-41-48(51)57-46(45-56-58(52,53)55-43-42-49(3,4)5)44-54-47(50)40-38-36-34-32-30-28-26-21-19-17-15-13-11-9-7-2/h8,10,14,16,20-22,24-26,46H,6-7,9,11-13,15,17-19,23,27-45H2,1-5H3/p+1/b10-8-,16-14-,22-20-,25-24-,26-21-. The monoisotopic (exact) mass is 837 g/mol. The van der Waals surface area contributed by atoms with E-state index in [-0.39, 0.29) is 32.0 Å². The number of allylic oxidation sites excluding steroid dienone is 10. The van der Waals surface area contributed by atoms with E-state index < -0.39 is 26.5 Å². The maximum Gasteiger partial charge on any atom is 0.472 e. The zero-order chi connectivity index (χ0) is 42.8. The third-order valence-electron chi connectivity index (χ3n) is 9.53. The second-order valence-electron chi connectivity index (χ2n) is 16.4. The van der Waals surface area contributed by atoms with Crippen molar-refractivity contribution in [2.24, 2.45) is 0 Å². The van der Waals surface area contributed by atoms with Gasteiger partial charge in [0.15, 0.2) is 6.10 Å². The lowest BCUT2D eigenvalue weighted by Gasteiger charge is -2.24. The fourth-order valence-corrected chi connectivity index (χ4v) is 6.68. The number of ether oxygens (including phenoxy) is 2. The molecule has 0 radical (unpaired) electrons. The molecule has 0 aromatic carbocycles. The minimum absolute atomic E-state index is 0.0249. The van der Waals surface area contributed by atoms with E-state index in [9.17, 15) is 19.0 Å². The Morgan fingerprint density at radius 3 is 1.48 bits per heavy atom. The first kappa shape index (κ1) is 55.7. The van der Waals surface area contributed by atoms with Gasteiger partial charge in [0.05, 0.1) is 27.7 Å². The average molecular weight is 837 g/mol. The van der Waals surface area contributed by atoms with E-state index in [2.05, 4.69) is 74.6 Å². The van der Waals surface area contributed by atoms with Crippen molar-refractivity contribution < 1.29 is 42.1 Å². The highest BCUT2D eigenvalue weighted by molar-refractivity contribution is 7.47. The largest absolute Gasteiger partial charge is 0.472 e. The molecule has 0 rings (SSSR count). The zero-order valence-electron chi connectivity index (χ0n) is 37.8. The summed E-state index contributed by atoms with van der Waals surface area (Å²) in [5.74, 6) is -0.827. The van der Waals surface area contributed by atoms with Gasteiger partial charge in [-0.2, -0.15) is 0 Å². The number of carbonyl (C=O) groups is 2. The second kappa shape index (κ2) is 40.1. The van der Waals surface area contributed by atoms with Gasteiger partial charge in [0.1, 0.15) is 19.8 Å². The third-order valence-corrected chi connectivity index (χ3v) is 10.5. The minimum atomic E-state index is -4.38. The molecule has 58 heavy (non-hydrogen) atoms. The van der Waals surface area contributed by atoms with Crippen molar-refractivity contribution in [3.63, 3.8) is 0 Å². The zero-order valence-corrected chi connectivity index (χ0v) is 38.7. The van der Waals surface area contributed by atoms with Crippen LogP contribution in [0.1, 0.15) is 181 Å². The van der Waals surface area contributed by atoms with Gasteiger partial charge in [0.2, 0.25) is 0 Å². The Balaban J connectivity index is 4.38. The van der Waals surface area contributed by atoms with Crippen LogP contribution < -0.4 is 0 Å². The summed E-state index contributed by atoms with van der Waals surface area (Å²) < 4.78 is 34.3. The molecule has 0 aromatic rings. The van der Waals surface area contributed by atoms with Crippen molar-refractivity contribution in [1.29, 1.82) is 0 Å². The van der Waals surface area contributed by atoms with Gasteiger partial charge < -0.3 is 18.9 Å². The molecule has 2 atom stereocenters. The van der Waals surface area contributed by atoms with Gasteiger partial charge in [-0.15, -0.1) is 0 Å². The lowest BCUT2D eigenvalue weighted by Crippen LogP contribution is -2.37. The summed E-state index contributed by atoms with van der Waals surface area (Å²) in [5.41, 5.74) is 0. The third kappa shape index (κ3) is 43.3. The van der Waals surface area contributed by atoms with Crippen molar-refractivity contribution in [2.45, 2.75) is 187 Å². The summed E-state index contributed by atoms with van der Waals surface area (Å²) >= 11 is 0. The van der Waals surface area contributed by atoms with Crippen LogP contribution in [-0.2, 0) is 32.7 Å². The predicted octanol–water partition coefficient (Wildman–Crippen LogP) is 13.2. The van der Waals surface area contributed by atoms with Crippen LogP contribution in [0.25, 0.3) is 0 Å². The van der Waals surface area contributed by atoms with E-state index in [1.807, 2.05) is 21.1 Å². The highest BCUT2D eigenvalue weighted by Gasteiger charge is 2.27. The topological polar surface area (TPSA) is 108 Å². The van der Waals surface area contributed by atoms with E-state index in [0.717, 1.165) is 103 Å². The van der Waals surface area contributed by atoms with Gasteiger partial charge in [-0.25, -0.2) is 4.57 Å². The van der Waals surface area contributed by atoms with Gasteiger partial charge in [-0.1, -0.05) is 152 Å². The number of likely N-dealkylation sites (N-methyl/N-ethyl adjacent to an activating group) is 1. The maximum atomic E-state index is 12.7. The fourth-order valence-electron chi connectivity index (χ4n) is 5.94. The van der Waals surface area contributed by atoms with Crippen LogP contribution >= 0.6 is 7.82 Å². The summed E-state index contributed by atoms with van der Waals surface area (Å²) in [4.78, 5) is 35.4. The quantitative estimate of drug-likeness (QED) is 0.0213. The molecule has 0 saturated carbocycles. The van der Waals surface area contributed by atoms with Gasteiger partial charge in [-0.3, -0.25) is 18.6 Å². The molecule has 0 aliphatic heterocycles. The summed E-state index contributed by atoms with van der Waals surface area (Å²) in [6, 6.07) is 0. The number of phosphoric ester groups is 1. The molecule has 1 N–H and O–H groups in total. The highest BCUT2D eigenvalue weighted by atomic mass is 31.2. The van der Waals surface area contributed by atoms with Crippen LogP contribution in [-0.4, -0.2) is 74.9 Å². The normalized spacial score (nSPS) is 14.1. The second-order valence-corrected chi connectivity index (χ2v) is 17.9. The number of hydrogen-bond donors (Lipinski definition) is 1. The molecule has 0 bridgehead atoms. The Labute approximate surface area is 356 Å². The van der Waals surface area contributed by atoms with E-state index in [1.54, 1.807) is 0 Å². The summed E-state index contributed by atoms with van der Waals surface area (Å²) in [6.07, 6.45) is 48.3. The first-order chi connectivity index (χ1) is 28.0. The van der Waals surface area contributed by atoms with Gasteiger partial charge in [0.25, 0.3) is 0 Å². The van der Waals surface area contributed by atoms with Gasteiger partial charge >= 0.3 is 19.8 Å². The Kier molecular flexibility index (Phi) is 38.5. The molecular formula is C48H87NO8P+. The van der Waals surface area contributed by atoms with Crippen LogP contribution in [0, 0.1) is 0 Å². The molecule has 0 amide bonds. The van der Waals surface area contributed by atoms with Crippen molar-refractivity contribution in [3.05, 3.63) is 60.8 Å². The molecule has 10 heteroatoms. The molecule has 336 valence electrons. The van der Waals surface area contributed by atoms with Crippen molar-refractivity contribution in [1.82, 2.24) is 0 Å². The lowest BCUT2D eigenvalue weighted by atomic mass is 10.1.